The summed E-state index contributed by atoms with van der Waals surface area (Å²) in [5.74, 6) is 0.156. The third-order valence-corrected chi connectivity index (χ3v) is 3.77. The van der Waals surface area contributed by atoms with Crippen LogP contribution in [0.25, 0.3) is 0 Å². The number of benzene rings is 1. The highest BCUT2D eigenvalue weighted by molar-refractivity contribution is 6.08. The fourth-order valence-corrected chi connectivity index (χ4v) is 2.79. The van der Waals surface area contributed by atoms with Crippen molar-refractivity contribution < 1.29 is 9.59 Å². The molecule has 0 N–H and O–H groups in total. The van der Waals surface area contributed by atoms with Gasteiger partial charge in [-0.3, -0.25) is 9.59 Å². The monoisotopic (exact) mass is 253 g/mol. The molecule has 2 heterocycles. The number of ketones is 2. The molecular formula is C16H15NO2. The van der Waals surface area contributed by atoms with Crippen molar-refractivity contribution in [3.8, 4) is 0 Å². The zero-order valence-electron chi connectivity index (χ0n) is 10.8. The average Bonchev–Trinajstić information content (AvgIpc) is 2.99. The van der Waals surface area contributed by atoms with Crippen molar-refractivity contribution in [2.45, 2.75) is 25.8 Å². The summed E-state index contributed by atoms with van der Waals surface area (Å²) >= 11 is 0. The summed E-state index contributed by atoms with van der Waals surface area (Å²) in [6, 6.07) is 13.0. The normalized spacial score (nSPS) is 17.2. The molecule has 96 valence electrons. The number of fused-ring (bicyclic) bond motifs is 1. The lowest BCUT2D eigenvalue weighted by Gasteiger charge is -2.05. The van der Waals surface area contributed by atoms with Crippen LogP contribution in [0.4, 0.5) is 0 Å². The van der Waals surface area contributed by atoms with Gasteiger partial charge in [0, 0.05) is 17.8 Å². The molecule has 1 aromatic heterocycles. The Morgan fingerprint density at radius 1 is 1.11 bits per heavy atom. The molecule has 0 amide bonds. The summed E-state index contributed by atoms with van der Waals surface area (Å²) in [6.07, 6.45) is 0.806. The summed E-state index contributed by atoms with van der Waals surface area (Å²) in [5.41, 5.74) is 2.35. The summed E-state index contributed by atoms with van der Waals surface area (Å²) in [5, 5.41) is 0. The zero-order chi connectivity index (χ0) is 13.4. The number of carbonyl (C=O) groups is 2. The van der Waals surface area contributed by atoms with Gasteiger partial charge in [-0.25, -0.2) is 0 Å². The van der Waals surface area contributed by atoms with Crippen LogP contribution in [-0.4, -0.2) is 16.1 Å². The number of carbonyl (C=O) groups excluding carboxylic acids is 2. The quantitative estimate of drug-likeness (QED) is 0.789. The maximum atomic E-state index is 12.4. The van der Waals surface area contributed by atoms with E-state index in [9.17, 15) is 9.59 Å². The van der Waals surface area contributed by atoms with Crippen LogP contribution in [0.5, 0.6) is 0 Å². The second kappa shape index (κ2) is 4.50. The average molecular weight is 253 g/mol. The molecule has 2 aromatic rings. The maximum Gasteiger partial charge on any atom is 0.209 e. The summed E-state index contributed by atoms with van der Waals surface area (Å²) in [4.78, 5) is 24.0. The van der Waals surface area contributed by atoms with E-state index >= 15 is 0 Å². The van der Waals surface area contributed by atoms with Crippen LogP contribution < -0.4 is 0 Å². The van der Waals surface area contributed by atoms with Crippen molar-refractivity contribution >= 4 is 11.6 Å². The fourth-order valence-electron chi connectivity index (χ4n) is 2.79. The first kappa shape index (κ1) is 11.9. The first-order valence-electron chi connectivity index (χ1n) is 6.48. The predicted octanol–water partition coefficient (Wildman–Crippen LogP) is 2.80. The molecule has 3 heteroatoms. The van der Waals surface area contributed by atoms with E-state index in [1.807, 2.05) is 47.0 Å². The molecule has 19 heavy (non-hydrogen) atoms. The van der Waals surface area contributed by atoms with Gasteiger partial charge in [-0.1, -0.05) is 30.3 Å². The lowest BCUT2D eigenvalue weighted by molar-refractivity contribution is -0.118. The zero-order valence-corrected chi connectivity index (χ0v) is 10.8. The minimum Gasteiger partial charge on any atom is -0.341 e. The molecule has 3 rings (SSSR count). The number of hydrogen-bond acceptors (Lipinski definition) is 2. The van der Waals surface area contributed by atoms with Gasteiger partial charge in [0.1, 0.15) is 5.78 Å². The molecule has 0 bridgehead atoms. The highest BCUT2D eigenvalue weighted by Gasteiger charge is 2.29. The fraction of sp³-hybridized carbons (Fsp3) is 0.250. The van der Waals surface area contributed by atoms with Crippen molar-refractivity contribution in [3.05, 3.63) is 59.4 Å². The van der Waals surface area contributed by atoms with Crippen LogP contribution in [0.1, 0.15) is 41.0 Å². The van der Waals surface area contributed by atoms with E-state index in [2.05, 4.69) is 0 Å². The number of nitrogens with zero attached hydrogens (tertiary/aromatic N) is 1. The van der Waals surface area contributed by atoms with Gasteiger partial charge in [-0.05, 0) is 25.5 Å². The molecule has 0 radical (unpaired) electrons. The molecule has 0 saturated heterocycles. The van der Waals surface area contributed by atoms with Crippen LogP contribution in [0.3, 0.4) is 0 Å². The smallest absolute Gasteiger partial charge is 0.209 e. The van der Waals surface area contributed by atoms with Crippen LogP contribution >= 0.6 is 0 Å². The largest absolute Gasteiger partial charge is 0.341 e. The van der Waals surface area contributed by atoms with E-state index < -0.39 is 0 Å². The van der Waals surface area contributed by atoms with Crippen LogP contribution in [0.2, 0.25) is 0 Å². The Balaban J connectivity index is 1.99. The van der Waals surface area contributed by atoms with Crippen molar-refractivity contribution in [1.82, 2.24) is 4.57 Å². The van der Waals surface area contributed by atoms with E-state index in [4.69, 9.17) is 0 Å². The minimum atomic E-state index is -0.0441. The molecule has 3 nitrogen and oxygen atoms in total. The molecule has 0 saturated carbocycles. The second-order valence-electron chi connectivity index (χ2n) is 4.94. The third-order valence-electron chi connectivity index (χ3n) is 3.77. The number of aromatic nitrogens is 1. The summed E-state index contributed by atoms with van der Waals surface area (Å²) in [7, 11) is 0. The number of Topliss-reactive ketones (excluding diaryl/α,β-unsaturated/α-hetero) is 1. The third kappa shape index (κ3) is 1.91. The number of rotatable bonds is 3. The van der Waals surface area contributed by atoms with Gasteiger partial charge in [0.15, 0.2) is 0 Å². The molecule has 1 aliphatic heterocycles. The maximum absolute atomic E-state index is 12.4. The molecule has 0 fully saturated rings. The van der Waals surface area contributed by atoms with Gasteiger partial charge < -0.3 is 4.57 Å². The van der Waals surface area contributed by atoms with E-state index in [0.29, 0.717) is 11.3 Å². The molecule has 0 aliphatic carbocycles. The Morgan fingerprint density at radius 3 is 2.53 bits per heavy atom. The molecule has 1 aromatic carbocycles. The van der Waals surface area contributed by atoms with Crippen LogP contribution in [0.15, 0.2) is 42.5 Å². The van der Waals surface area contributed by atoms with Gasteiger partial charge in [0.2, 0.25) is 5.78 Å². The molecular weight excluding hydrogens is 238 g/mol. The van der Waals surface area contributed by atoms with Crippen molar-refractivity contribution in [1.29, 1.82) is 0 Å². The van der Waals surface area contributed by atoms with Gasteiger partial charge in [-0.2, -0.15) is 0 Å². The Kier molecular flexibility index (Phi) is 2.82. The highest BCUT2D eigenvalue weighted by Crippen LogP contribution is 2.31. The van der Waals surface area contributed by atoms with Crippen molar-refractivity contribution in [2.24, 2.45) is 0 Å². The summed E-state index contributed by atoms with van der Waals surface area (Å²) in [6.45, 7) is 2.37. The van der Waals surface area contributed by atoms with Gasteiger partial charge in [0.05, 0.1) is 11.6 Å². The SMILES string of the molecule is CC(=O)C1CCn2c(C(=O)c3ccccc3)ccc21. The van der Waals surface area contributed by atoms with E-state index in [0.717, 1.165) is 18.7 Å². The lowest BCUT2D eigenvalue weighted by Crippen LogP contribution is -2.09. The van der Waals surface area contributed by atoms with E-state index in [1.165, 1.54) is 0 Å². The number of hydrogen-bond donors (Lipinski definition) is 0. The van der Waals surface area contributed by atoms with Crippen LogP contribution in [-0.2, 0) is 11.3 Å². The van der Waals surface area contributed by atoms with E-state index in [1.54, 1.807) is 6.92 Å². The first-order chi connectivity index (χ1) is 9.18. The van der Waals surface area contributed by atoms with Crippen molar-refractivity contribution in [3.63, 3.8) is 0 Å². The molecule has 1 unspecified atom stereocenters. The Labute approximate surface area is 111 Å². The first-order valence-corrected chi connectivity index (χ1v) is 6.48. The standard InChI is InChI=1S/C16H15NO2/c1-11(18)13-9-10-17-14(13)7-8-15(17)16(19)12-5-3-2-4-6-12/h2-8,13H,9-10H2,1H3. The molecule has 0 spiro atoms. The van der Waals surface area contributed by atoms with Gasteiger partial charge >= 0.3 is 0 Å². The summed E-state index contributed by atoms with van der Waals surface area (Å²) < 4.78 is 1.99. The second-order valence-corrected chi connectivity index (χ2v) is 4.94. The van der Waals surface area contributed by atoms with Gasteiger partial charge in [-0.15, -0.1) is 0 Å². The Bertz CT molecular complexity index is 640. The Hall–Kier alpha value is -2.16. The lowest BCUT2D eigenvalue weighted by atomic mass is 10.0. The topological polar surface area (TPSA) is 39.1 Å². The van der Waals surface area contributed by atoms with E-state index in [-0.39, 0.29) is 17.5 Å². The molecule has 1 aliphatic rings. The molecule has 1 atom stereocenters. The Morgan fingerprint density at radius 2 is 1.84 bits per heavy atom. The highest BCUT2D eigenvalue weighted by atomic mass is 16.1. The van der Waals surface area contributed by atoms with Gasteiger partial charge in [0.25, 0.3) is 0 Å². The van der Waals surface area contributed by atoms with Crippen molar-refractivity contribution in [2.75, 3.05) is 0 Å². The predicted molar refractivity (Wildman–Crippen MR) is 72.3 cm³/mol. The minimum absolute atomic E-state index is 0.0241. The van der Waals surface area contributed by atoms with Crippen LogP contribution in [0, 0.1) is 0 Å².